The van der Waals surface area contributed by atoms with E-state index in [9.17, 15) is 9.90 Å². The summed E-state index contributed by atoms with van der Waals surface area (Å²) in [4.78, 5) is 18.6. The number of fused-ring (bicyclic) bond motifs is 2. The van der Waals surface area contributed by atoms with Crippen molar-refractivity contribution >= 4 is 52.8 Å². The van der Waals surface area contributed by atoms with Crippen molar-refractivity contribution in [1.29, 1.82) is 0 Å². The number of ether oxygens (including phenoxy) is 1. The van der Waals surface area contributed by atoms with Crippen LogP contribution in [0, 0.1) is 5.92 Å². The molecule has 0 spiro atoms. The highest BCUT2D eigenvalue weighted by molar-refractivity contribution is 7.78. The lowest BCUT2D eigenvalue weighted by molar-refractivity contribution is -0.519. The number of nitrogens with zero attached hydrogens (tertiary/aromatic N) is 3. The number of hydrogen-bond acceptors (Lipinski definition) is 6. The molecule has 0 bridgehead atoms. The molecule has 8 heteroatoms. The Bertz CT molecular complexity index is 1320. The van der Waals surface area contributed by atoms with E-state index in [4.69, 9.17) is 17.0 Å². The number of carbonyl (C=O) groups excluding carboxylic acids is 1. The molecule has 0 saturated carbocycles. The van der Waals surface area contributed by atoms with E-state index in [-0.39, 0.29) is 29.8 Å². The Labute approximate surface area is 230 Å². The SMILES string of the molecule is CCN(CC)c1ccc2c(c1)OC1=CC(=[N+](CC)CC)C=CC1C2c1cc(N=C=S)ccc1C(=O)[O-].Cl. The van der Waals surface area contributed by atoms with Crippen molar-refractivity contribution in [2.45, 2.75) is 33.6 Å². The molecule has 0 radical (unpaired) electrons. The van der Waals surface area contributed by atoms with Crippen molar-refractivity contribution < 1.29 is 19.2 Å². The number of carboxylic acids is 1. The van der Waals surface area contributed by atoms with E-state index in [0.717, 1.165) is 54.7 Å². The van der Waals surface area contributed by atoms with Crippen molar-refractivity contribution in [1.82, 2.24) is 0 Å². The lowest BCUT2D eigenvalue weighted by Gasteiger charge is -2.37. The molecule has 2 atom stereocenters. The number of carboxylic acid groups (broad SMARTS) is 1. The third kappa shape index (κ3) is 5.54. The van der Waals surface area contributed by atoms with Gasteiger partial charge in [-0.25, -0.2) is 4.58 Å². The van der Waals surface area contributed by atoms with E-state index < -0.39 is 5.97 Å². The maximum Gasteiger partial charge on any atom is 0.202 e. The number of hydrogen-bond donors (Lipinski definition) is 0. The van der Waals surface area contributed by atoms with Gasteiger partial charge >= 0.3 is 0 Å². The first kappa shape index (κ1) is 28.3. The fourth-order valence-corrected chi connectivity index (χ4v) is 5.30. The molecule has 2 aromatic carbocycles. The molecule has 0 aromatic heterocycles. The van der Waals surface area contributed by atoms with Crippen LogP contribution < -0.4 is 14.7 Å². The number of carbonyl (C=O) groups is 1. The predicted molar refractivity (Wildman–Crippen MR) is 152 cm³/mol. The van der Waals surface area contributed by atoms with E-state index >= 15 is 0 Å². The molecular weight excluding hydrogens is 506 g/mol. The first-order chi connectivity index (χ1) is 17.4. The van der Waals surface area contributed by atoms with Gasteiger partial charge in [0.2, 0.25) is 5.71 Å². The van der Waals surface area contributed by atoms with E-state index in [1.165, 1.54) is 0 Å². The van der Waals surface area contributed by atoms with Crippen molar-refractivity contribution in [3.8, 4) is 5.75 Å². The third-order valence-electron chi connectivity index (χ3n) is 7.03. The Balaban J connectivity index is 0.00000380. The van der Waals surface area contributed by atoms with Crippen LogP contribution in [0.5, 0.6) is 5.75 Å². The predicted octanol–water partition coefficient (Wildman–Crippen LogP) is 5.14. The Kier molecular flexibility index (Phi) is 9.44. The summed E-state index contributed by atoms with van der Waals surface area (Å²) in [5.41, 5.74) is 4.37. The summed E-state index contributed by atoms with van der Waals surface area (Å²) in [5, 5.41) is 14.6. The molecule has 194 valence electrons. The van der Waals surface area contributed by atoms with Gasteiger partial charge in [0, 0.05) is 60.0 Å². The van der Waals surface area contributed by atoms with E-state index in [1.54, 1.807) is 18.2 Å². The van der Waals surface area contributed by atoms with Gasteiger partial charge in [-0.3, -0.25) is 0 Å². The van der Waals surface area contributed by atoms with Crippen molar-refractivity contribution in [3.05, 3.63) is 77.1 Å². The molecule has 4 rings (SSSR count). The Morgan fingerprint density at radius 1 is 1.11 bits per heavy atom. The molecule has 37 heavy (non-hydrogen) atoms. The number of aliphatic imine (C=N–C) groups is 1. The fourth-order valence-electron chi connectivity index (χ4n) is 5.20. The summed E-state index contributed by atoms with van der Waals surface area (Å²) in [6.45, 7) is 12.0. The summed E-state index contributed by atoms with van der Waals surface area (Å²) in [6, 6.07) is 11.1. The first-order valence-corrected chi connectivity index (χ1v) is 12.9. The summed E-state index contributed by atoms with van der Waals surface area (Å²) < 4.78 is 8.80. The molecule has 0 fully saturated rings. The number of aromatic carboxylic acids is 1. The van der Waals surface area contributed by atoms with Gasteiger partial charge in [0.25, 0.3) is 0 Å². The van der Waals surface area contributed by atoms with Crippen molar-refractivity contribution in [3.63, 3.8) is 0 Å². The zero-order valence-electron chi connectivity index (χ0n) is 21.6. The molecule has 0 N–H and O–H groups in total. The number of allylic oxidation sites excluding steroid dienone is 3. The first-order valence-electron chi connectivity index (χ1n) is 12.5. The summed E-state index contributed by atoms with van der Waals surface area (Å²) >= 11 is 4.80. The van der Waals surface area contributed by atoms with E-state index in [0.29, 0.717) is 11.3 Å². The average Bonchev–Trinajstić information content (AvgIpc) is 2.88. The second kappa shape index (κ2) is 12.3. The normalized spacial score (nSPS) is 17.3. The van der Waals surface area contributed by atoms with Gasteiger partial charge in [0.15, 0.2) is 0 Å². The van der Waals surface area contributed by atoms with Crippen LogP contribution >= 0.6 is 24.6 Å². The van der Waals surface area contributed by atoms with Crippen LogP contribution in [-0.4, -0.2) is 47.6 Å². The molecule has 1 aliphatic carbocycles. The minimum atomic E-state index is -1.23. The molecular formula is C29H32ClN3O3S. The fraction of sp³-hybridized carbons (Fsp3) is 0.345. The highest BCUT2D eigenvalue weighted by atomic mass is 35.5. The second-order valence-electron chi connectivity index (χ2n) is 8.77. The summed E-state index contributed by atoms with van der Waals surface area (Å²) in [6.07, 6.45) is 6.29. The van der Waals surface area contributed by atoms with Gasteiger partial charge in [-0.1, -0.05) is 18.2 Å². The largest absolute Gasteiger partial charge is 0.545 e. The Hall–Kier alpha value is -3.25. The minimum absolute atomic E-state index is 0. The van der Waals surface area contributed by atoms with Gasteiger partial charge < -0.3 is 19.5 Å². The molecule has 1 heterocycles. The van der Waals surface area contributed by atoms with Gasteiger partial charge in [0.05, 0.1) is 16.8 Å². The second-order valence-corrected chi connectivity index (χ2v) is 8.95. The van der Waals surface area contributed by atoms with Crippen LogP contribution in [0.25, 0.3) is 0 Å². The van der Waals surface area contributed by atoms with Gasteiger partial charge in [0.1, 0.15) is 24.6 Å². The van der Waals surface area contributed by atoms with Crippen LogP contribution in [0.3, 0.4) is 0 Å². The number of halogens is 1. The topological polar surface area (TPSA) is 68.0 Å². The van der Waals surface area contributed by atoms with Crippen LogP contribution in [0.4, 0.5) is 11.4 Å². The summed E-state index contributed by atoms with van der Waals surface area (Å²) in [7, 11) is 0. The molecule has 2 unspecified atom stereocenters. The average molecular weight is 538 g/mol. The molecule has 2 aromatic rings. The van der Waals surface area contributed by atoms with Crippen LogP contribution in [0.1, 0.15) is 55.1 Å². The highest BCUT2D eigenvalue weighted by Crippen LogP contribution is 2.49. The lowest BCUT2D eigenvalue weighted by Crippen LogP contribution is -2.31. The van der Waals surface area contributed by atoms with Gasteiger partial charge in [-0.05, 0) is 63.7 Å². The molecule has 0 amide bonds. The highest BCUT2D eigenvalue weighted by Gasteiger charge is 2.38. The smallest absolute Gasteiger partial charge is 0.202 e. The van der Waals surface area contributed by atoms with Crippen LogP contribution in [-0.2, 0) is 0 Å². The zero-order valence-corrected chi connectivity index (χ0v) is 23.2. The monoisotopic (exact) mass is 537 g/mol. The van der Waals surface area contributed by atoms with Gasteiger partial charge in [-0.2, -0.15) is 4.99 Å². The maximum atomic E-state index is 12.2. The molecule has 0 saturated heterocycles. The van der Waals surface area contributed by atoms with E-state index in [1.807, 2.05) is 0 Å². The molecule has 2 aliphatic rings. The number of thiocarbonyl (C=S) groups is 1. The van der Waals surface area contributed by atoms with Crippen molar-refractivity contribution in [2.24, 2.45) is 10.9 Å². The maximum absolute atomic E-state index is 12.2. The summed E-state index contributed by atoms with van der Waals surface area (Å²) in [5.74, 6) is -0.179. The molecule has 1 aliphatic heterocycles. The van der Waals surface area contributed by atoms with Crippen molar-refractivity contribution in [2.75, 3.05) is 31.1 Å². The zero-order chi connectivity index (χ0) is 25.8. The molecule has 6 nitrogen and oxygen atoms in total. The number of anilines is 1. The Morgan fingerprint density at radius 2 is 1.84 bits per heavy atom. The minimum Gasteiger partial charge on any atom is -0.545 e. The number of benzene rings is 2. The van der Waals surface area contributed by atoms with Crippen LogP contribution in [0.2, 0.25) is 0 Å². The number of isothiocyanates is 1. The van der Waals surface area contributed by atoms with Crippen LogP contribution in [0.15, 0.2) is 65.4 Å². The lowest BCUT2D eigenvalue weighted by atomic mass is 9.74. The standard InChI is InChI=1S/C29H31N3O3S.ClH/c1-5-31(6-2)20-10-13-23-26(16-20)35-27-17-21(32(7-3)8-4)11-14-24(27)28(23)25-15-19(30-18-36)9-12-22(25)29(33)34;/h9-17,23,28H,5-8H2,1-4H3;1H. The van der Waals surface area contributed by atoms with E-state index in [2.05, 4.69) is 83.8 Å². The quantitative estimate of drug-likeness (QED) is 0.265. The Morgan fingerprint density at radius 3 is 2.46 bits per heavy atom. The third-order valence-corrected chi connectivity index (χ3v) is 7.13. The van der Waals surface area contributed by atoms with Gasteiger partial charge in [-0.15, -0.1) is 12.4 Å². The number of rotatable bonds is 8.